The van der Waals surface area contributed by atoms with Crippen molar-refractivity contribution in [3.63, 3.8) is 0 Å². The maximum absolute atomic E-state index is 13.6. The Morgan fingerprint density at radius 3 is 2.58 bits per heavy atom. The lowest BCUT2D eigenvalue weighted by Gasteiger charge is -2.25. The zero-order valence-electron chi connectivity index (χ0n) is 18.5. The number of hydrogen-bond acceptors (Lipinski definition) is 11. The van der Waals surface area contributed by atoms with Gasteiger partial charge in [0.15, 0.2) is 11.0 Å². The van der Waals surface area contributed by atoms with Gasteiger partial charge in [0, 0.05) is 17.6 Å². The summed E-state index contributed by atoms with van der Waals surface area (Å²) in [7, 11) is -8.88. The maximum atomic E-state index is 13.6. The highest BCUT2D eigenvalue weighted by Crippen LogP contribution is 2.42. The lowest BCUT2D eigenvalue weighted by Crippen LogP contribution is -2.48. The molecule has 16 heteroatoms. The van der Waals surface area contributed by atoms with Gasteiger partial charge < -0.3 is 11.1 Å². The Kier molecular flexibility index (Phi) is 5.36. The third-order valence-electron chi connectivity index (χ3n) is 6.64. The van der Waals surface area contributed by atoms with E-state index in [1.165, 1.54) is 23.5 Å². The summed E-state index contributed by atoms with van der Waals surface area (Å²) in [5.74, 6) is 0.317. The van der Waals surface area contributed by atoms with Crippen LogP contribution in [0, 0.1) is 5.92 Å². The summed E-state index contributed by atoms with van der Waals surface area (Å²) in [6.45, 7) is 0.843. The van der Waals surface area contributed by atoms with E-state index in [2.05, 4.69) is 35.6 Å². The molecular formula is C20H21N9O4S3. The number of piperidine rings is 1. The number of para-hydroxylation sites is 1. The number of anilines is 1. The van der Waals surface area contributed by atoms with Crippen LogP contribution in [-0.2, 0) is 20.0 Å². The Morgan fingerprint density at radius 2 is 1.92 bits per heavy atom. The number of thiazole rings is 1. The molecule has 2 bridgehead atoms. The van der Waals surface area contributed by atoms with Crippen molar-refractivity contribution in [2.45, 2.75) is 34.7 Å². The summed E-state index contributed by atoms with van der Waals surface area (Å²) in [6, 6.07) is 7.70. The fourth-order valence-electron chi connectivity index (χ4n) is 5.21. The van der Waals surface area contributed by atoms with Crippen molar-refractivity contribution in [3.8, 4) is 22.5 Å². The van der Waals surface area contributed by atoms with Crippen molar-refractivity contribution in [1.82, 2.24) is 35.6 Å². The number of sulfonamides is 2. The van der Waals surface area contributed by atoms with E-state index in [1.807, 2.05) is 6.07 Å². The lowest BCUT2D eigenvalue weighted by atomic mass is 9.98. The van der Waals surface area contributed by atoms with E-state index in [4.69, 9.17) is 10.9 Å². The van der Waals surface area contributed by atoms with Gasteiger partial charge in [0.05, 0.1) is 15.8 Å². The van der Waals surface area contributed by atoms with Gasteiger partial charge in [-0.2, -0.15) is 0 Å². The molecule has 4 aromatic rings. The Hall–Kier alpha value is -3.02. The molecule has 2 fully saturated rings. The zero-order chi connectivity index (χ0) is 25.2. The fraction of sp³-hybridized carbons (Fsp3) is 0.300. The first-order chi connectivity index (χ1) is 17.1. The number of fused-ring (bicyclic) bond motifs is 3. The molecule has 1 saturated carbocycles. The topological polar surface area (TPSA) is 212 Å². The van der Waals surface area contributed by atoms with Crippen LogP contribution < -0.4 is 20.9 Å². The predicted octanol–water partition coefficient (Wildman–Crippen LogP) is 0.402. The summed E-state index contributed by atoms with van der Waals surface area (Å²) >= 11 is 1.27. The number of nitrogens with zero attached hydrogens (tertiary/aromatic N) is 4. The first-order valence-electron chi connectivity index (χ1n) is 11.0. The van der Waals surface area contributed by atoms with Crippen LogP contribution in [0.15, 0.2) is 40.1 Å². The molecule has 0 radical (unpaired) electrons. The molecule has 3 atom stereocenters. The van der Waals surface area contributed by atoms with E-state index in [-0.39, 0.29) is 23.5 Å². The van der Waals surface area contributed by atoms with Crippen molar-refractivity contribution in [2.24, 2.45) is 11.1 Å². The summed E-state index contributed by atoms with van der Waals surface area (Å²) in [5.41, 5.74) is 7.21. The molecule has 188 valence electrons. The normalized spacial score (nSPS) is 22.0. The summed E-state index contributed by atoms with van der Waals surface area (Å²) in [4.78, 5) is 3.29. The van der Waals surface area contributed by atoms with Gasteiger partial charge in [0.1, 0.15) is 9.79 Å². The van der Waals surface area contributed by atoms with Crippen LogP contribution >= 0.6 is 11.3 Å². The Bertz CT molecular complexity index is 1700. The highest BCUT2D eigenvalue weighted by atomic mass is 32.2. The van der Waals surface area contributed by atoms with Crippen LogP contribution in [0.5, 0.6) is 0 Å². The number of aromatic amines is 1. The minimum atomic E-state index is -4.59. The average molecular weight is 548 g/mol. The smallest absolute Gasteiger partial charge is 0.242 e. The Labute approximate surface area is 209 Å². The van der Waals surface area contributed by atoms with E-state index in [1.54, 1.807) is 12.1 Å². The molecule has 2 aliphatic rings. The second-order valence-corrected chi connectivity index (χ2v) is 13.1. The number of nitrogens with one attached hydrogen (secondary N) is 3. The highest BCUT2D eigenvalue weighted by molar-refractivity contribution is 7.92. The lowest BCUT2D eigenvalue weighted by molar-refractivity contribution is 0.417. The molecule has 13 nitrogen and oxygen atoms in total. The minimum Gasteiger partial charge on any atom is -0.375 e. The van der Waals surface area contributed by atoms with Gasteiger partial charge in [-0.1, -0.05) is 29.5 Å². The maximum Gasteiger partial charge on any atom is 0.242 e. The quantitative estimate of drug-likeness (QED) is 0.224. The number of primary sulfonamides is 1. The molecule has 3 unspecified atom stereocenters. The van der Waals surface area contributed by atoms with Crippen molar-refractivity contribution >= 4 is 46.7 Å². The van der Waals surface area contributed by atoms with E-state index >= 15 is 0 Å². The van der Waals surface area contributed by atoms with E-state index in [0.29, 0.717) is 34.1 Å². The Balaban J connectivity index is 1.60. The molecule has 2 aromatic heterocycles. The highest BCUT2D eigenvalue weighted by Gasteiger charge is 2.42. The van der Waals surface area contributed by atoms with Crippen LogP contribution in [0.1, 0.15) is 12.8 Å². The van der Waals surface area contributed by atoms with Gasteiger partial charge in [-0.15, -0.1) is 5.10 Å². The summed E-state index contributed by atoms with van der Waals surface area (Å²) < 4.78 is 56.6. The summed E-state index contributed by atoms with van der Waals surface area (Å²) in [6.07, 6.45) is 1.54. The van der Waals surface area contributed by atoms with Gasteiger partial charge in [0.25, 0.3) is 0 Å². The molecule has 36 heavy (non-hydrogen) atoms. The van der Waals surface area contributed by atoms with E-state index < -0.39 is 29.8 Å². The summed E-state index contributed by atoms with van der Waals surface area (Å²) in [5, 5.41) is 22.8. The molecule has 1 aliphatic heterocycles. The zero-order valence-corrected chi connectivity index (χ0v) is 21.0. The molecule has 3 heterocycles. The molecule has 1 saturated heterocycles. The molecule has 0 amide bonds. The van der Waals surface area contributed by atoms with Crippen molar-refractivity contribution < 1.29 is 16.8 Å². The van der Waals surface area contributed by atoms with Crippen molar-refractivity contribution in [3.05, 3.63) is 30.3 Å². The van der Waals surface area contributed by atoms with Crippen LogP contribution in [0.25, 0.3) is 32.7 Å². The second kappa shape index (κ2) is 8.25. The number of nitrogen functional groups attached to an aromatic ring is 1. The van der Waals surface area contributed by atoms with Crippen LogP contribution in [0.4, 0.5) is 5.13 Å². The molecule has 1 aliphatic carbocycles. The number of H-pyrrole nitrogens is 1. The number of nitrogens with two attached hydrogens (primary N) is 2. The fourth-order valence-corrected chi connectivity index (χ4v) is 8.87. The monoisotopic (exact) mass is 547 g/mol. The molecule has 0 spiro atoms. The van der Waals surface area contributed by atoms with Crippen LogP contribution in [0.2, 0.25) is 0 Å². The average Bonchev–Trinajstić information content (AvgIpc) is 3.61. The standard InChI is InChI=1S/C20H21N9O4S3/c21-20-24-17-11(2-1-3-14(17)34-20)10-4-5-15(18(35(22,30)31)16(10)19-25-28-29-26-19)36(32,33)27-13-7-9-6-12(13)23-8-9/h1-5,9,12-13,23,27H,6-8H2,(H2,21,24)(H2,22,30,31)(H,25,26,28,29). The number of tetrazole rings is 1. The second-order valence-electron chi connectivity index (χ2n) is 8.89. The largest absolute Gasteiger partial charge is 0.375 e. The first kappa shape index (κ1) is 23.4. The van der Waals surface area contributed by atoms with Crippen molar-refractivity contribution in [1.29, 1.82) is 0 Å². The molecular weight excluding hydrogens is 526 g/mol. The van der Waals surface area contributed by atoms with Crippen LogP contribution in [-0.4, -0.2) is 61.1 Å². The molecule has 6 rings (SSSR count). The van der Waals surface area contributed by atoms with Crippen LogP contribution in [0.3, 0.4) is 0 Å². The van der Waals surface area contributed by atoms with Gasteiger partial charge in [-0.25, -0.2) is 36.8 Å². The number of benzene rings is 2. The molecule has 2 aromatic carbocycles. The number of hydrogen-bond donors (Lipinski definition) is 5. The first-order valence-corrected chi connectivity index (χ1v) is 14.8. The predicted molar refractivity (Wildman–Crippen MR) is 133 cm³/mol. The SMILES string of the molecule is Nc1nc2c(-c3ccc(S(=O)(=O)NC4CC5CNC4C5)c(S(N)(=O)=O)c3-c3nnn[nH]3)cccc2s1. The van der Waals surface area contributed by atoms with E-state index in [9.17, 15) is 16.8 Å². The van der Waals surface area contributed by atoms with Gasteiger partial charge in [-0.3, -0.25) is 0 Å². The van der Waals surface area contributed by atoms with Gasteiger partial charge >= 0.3 is 0 Å². The third kappa shape index (κ3) is 3.86. The van der Waals surface area contributed by atoms with E-state index in [0.717, 1.165) is 17.7 Å². The molecule has 7 N–H and O–H groups in total. The van der Waals surface area contributed by atoms with Crippen molar-refractivity contribution in [2.75, 3.05) is 12.3 Å². The van der Waals surface area contributed by atoms with Gasteiger partial charge in [0.2, 0.25) is 20.0 Å². The van der Waals surface area contributed by atoms with Gasteiger partial charge in [-0.05, 0) is 53.4 Å². The third-order valence-corrected chi connectivity index (χ3v) is 10.1. The number of rotatable bonds is 6. The number of aromatic nitrogens is 5. The Morgan fingerprint density at radius 1 is 1.08 bits per heavy atom. The minimum absolute atomic E-state index is 0.00680.